The molecule has 0 saturated carbocycles. The van der Waals surface area contributed by atoms with Crippen LogP contribution in [0.15, 0.2) is 174 Å². The molecule has 9 aromatic carbocycles. The Labute approximate surface area is 287 Å². The average Bonchev–Trinajstić information content (AvgIpc) is 3.59. The summed E-state index contributed by atoms with van der Waals surface area (Å²) in [6.07, 6.45) is 0. The van der Waals surface area contributed by atoms with Crippen LogP contribution in [0.2, 0.25) is 0 Å². The van der Waals surface area contributed by atoms with Gasteiger partial charge in [0, 0.05) is 10.8 Å². The number of hydrogen-bond acceptors (Lipinski definition) is 1. The van der Waals surface area contributed by atoms with E-state index < -0.39 is 66.5 Å². The van der Waals surface area contributed by atoms with Gasteiger partial charge in [-0.2, -0.15) is 0 Å². The molecular formula is C46H28O. The predicted molar refractivity (Wildman–Crippen MR) is 200 cm³/mol. The summed E-state index contributed by atoms with van der Waals surface area (Å²) < 4.78 is 104. The second-order valence-electron chi connectivity index (χ2n) is 11.6. The highest BCUT2D eigenvalue weighted by molar-refractivity contribution is 6.22. The first-order valence-corrected chi connectivity index (χ1v) is 15.3. The Hall–Kier alpha value is -6.18. The Morgan fingerprint density at radius 3 is 1.66 bits per heavy atom. The number of fused-ring (bicyclic) bond motifs is 7. The van der Waals surface area contributed by atoms with Crippen molar-refractivity contribution in [1.82, 2.24) is 0 Å². The highest BCUT2D eigenvalue weighted by Crippen LogP contribution is 2.45. The quantitative estimate of drug-likeness (QED) is 0.182. The molecule has 0 aliphatic rings. The van der Waals surface area contributed by atoms with E-state index in [1.807, 2.05) is 72.8 Å². The summed E-state index contributed by atoms with van der Waals surface area (Å²) in [6.45, 7) is 0. The maximum Gasteiger partial charge on any atom is 0.136 e. The zero-order valence-corrected chi connectivity index (χ0v) is 24.7. The summed E-state index contributed by atoms with van der Waals surface area (Å²) >= 11 is 0. The molecule has 0 amide bonds. The van der Waals surface area contributed by atoms with Crippen molar-refractivity contribution in [2.75, 3.05) is 0 Å². The zero-order chi connectivity index (χ0) is 40.5. The first kappa shape index (κ1) is 17.5. The maximum absolute atomic E-state index is 9.48. The fourth-order valence-corrected chi connectivity index (χ4v) is 6.89. The van der Waals surface area contributed by atoms with Crippen LogP contribution in [0.4, 0.5) is 0 Å². The van der Waals surface area contributed by atoms with Gasteiger partial charge in [0.05, 0.1) is 15.1 Å². The van der Waals surface area contributed by atoms with Crippen LogP contribution in [0.25, 0.3) is 98.4 Å². The van der Waals surface area contributed by atoms with Crippen LogP contribution in [0, 0.1) is 0 Å². The van der Waals surface area contributed by atoms with Gasteiger partial charge < -0.3 is 4.42 Å². The van der Waals surface area contributed by atoms with E-state index >= 15 is 0 Å². The third kappa shape index (κ3) is 4.03. The van der Waals surface area contributed by atoms with Crippen LogP contribution >= 0.6 is 0 Å². The third-order valence-electron chi connectivity index (χ3n) is 9.00. The largest absolute Gasteiger partial charge is 0.456 e. The van der Waals surface area contributed by atoms with E-state index in [0.717, 1.165) is 54.6 Å². The van der Waals surface area contributed by atoms with Gasteiger partial charge in [-0.15, -0.1) is 0 Å². The number of hydrogen-bond donors (Lipinski definition) is 0. The molecule has 0 aliphatic heterocycles. The molecule has 0 bridgehead atoms. The van der Waals surface area contributed by atoms with Crippen LogP contribution in [0.1, 0.15) is 15.1 Å². The highest BCUT2D eigenvalue weighted by Gasteiger charge is 2.18. The van der Waals surface area contributed by atoms with E-state index in [2.05, 4.69) is 30.3 Å². The van der Waals surface area contributed by atoms with Crippen molar-refractivity contribution in [3.8, 4) is 33.4 Å². The first-order valence-electron chi connectivity index (χ1n) is 20.8. The Morgan fingerprint density at radius 2 is 0.936 bits per heavy atom. The summed E-state index contributed by atoms with van der Waals surface area (Å²) in [5, 5.41) is 6.47. The number of furan rings is 1. The van der Waals surface area contributed by atoms with E-state index in [1.165, 1.54) is 0 Å². The van der Waals surface area contributed by atoms with Crippen LogP contribution in [0.3, 0.4) is 0 Å². The molecule has 0 unspecified atom stereocenters. The van der Waals surface area contributed by atoms with Crippen LogP contribution in [0.5, 0.6) is 0 Å². The molecule has 1 heterocycles. The smallest absolute Gasteiger partial charge is 0.136 e. The fourth-order valence-electron chi connectivity index (χ4n) is 6.89. The van der Waals surface area contributed by atoms with Crippen molar-refractivity contribution >= 4 is 65.0 Å². The molecule has 10 aromatic rings. The van der Waals surface area contributed by atoms with Gasteiger partial charge in [-0.25, -0.2) is 0 Å². The van der Waals surface area contributed by atoms with Crippen molar-refractivity contribution in [2.24, 2.45) is 0 Å². The molecule has 218 valence electrons. The summed E-state index contributed by atoms with van der Waals surface area (Å²) in [6, 6.07) is 27.4. The molecule has 10 rings (SSSR count). The second-order valence-corrected chi connectivity index (χ2v) is 11.6. The molecule has 0 atom stereocenters. The molecule has 1 nitrogen and oxygen atoms in total. The minimum Gasteiger partial charge on any atom is -0.456 e. The molecule has 1 aromatic heterocycles. The van der Waals surface area contributed by atoms with Crippen LogP contribution in [-0.4, -0.2) is 0 Å². The monoisotopic (exact) mass is 607 g/mol. The fraction of sp³-hybridized carbons (Fsp3) is 0. The predicted octanol–water partition coefficient (Wildman–Crippen LogP) is 13.2. The molecule has 0 saturated heterocycles. The Kier molecular flexibility index (Phi) is 3.79. The van der Waals surface area contributed by atoms with Crippen molar-refractivity contribution in [3.05, 3.63) is 170 Å². The van der Waals surface area contributed by atoms with Crippen molar-refractivity contribution in [1.29, 1.82) is 0 Å². The molecule has 0 aliphatic carbocycles. The molecule has 1 heteroatoms. The van der Waals surface area contributed by atoms with Crippen LogP contribution in [-0.2, 0) is 0 Å². The molecule has 0 N–H and O–H groups in total. The topological polar surface area (TPSA) is 13.1 Å². The lowest BCUT2D eigenvalue weighted by Crippen LogP contribution is -1.91. The van der Waals surface area contributed by atoms with Crippen molar-refractivity contribution in [2.45, 2.75) is 0 Å². The first-order chi connectivity index (χ1) is 27.9. The van der Waals surface area contributed by atoms with Crippen molar-refractivity contribution in [3.63, 3.8) is 0 Å². The Morgan fingerprint density at radius 1 is 0.362 bits per heavy atom. The lowest BCUT2D eigenvalue weighted by molar-refractivity contribution is 0.669. The van der Waals surface area contributed by atoms with E-state index in [9.17, 15) is 5.48 Å². The number of benzene rings is 9. The molecule has 0 radical (unpaired) electrons. The highest BCUT2D eigenvalue weighted by atomic mass is 16.3. The van der Waals surface area contributed by atoms with Gasteiger partial charge in [0.15, 0.2) is 0 Å². The Balaban J connectivity index is 1.27. The van der Waals surface area contributed by atoms with Crippen LogP contribution < -0.4 is 0 Å². The number of rotatable bonds is 3. The standard InChI is InChI=1S/C46H28O/c1-2-12-33-28-44-42(26-32(33)11-1)41-27-34(24-25-43(41)47-44)46-39-17-7-5-15-37(39)45(38-16-6-8-18-40(38)46)31-22-20-30(21-23-31)36-19-9-13-29-10-3-4-14-35(29)36/h1-28H/i3D,4D,9D,10D,13D,14D,19D,20D,21D,22D,23D. The van der Waals surface area contributed by atoms with Gasteiger partial charge in [0.2, 0.25) is 0 Å². The zero-order valence-electron chi connectivity index (χ0n) is 35.7. The lowest BCUT2D eigenvalue weighted by Gasteiger charge is -2.18. The van der Waals surface area contributed by atoms with Gasteiger partial charge >= 0.3 is 0 Å². The Bertz CT molecular complexity index is 3390. The second kappa shape index (κ2) is 10.2. The van der Waals surface area contributed by atoms with E-state index in [0.29, 0.717) is 16.3 Å². The molecular weight excluding hydrogens is 569 g/mol. The van der Waals surface area contributed by atoms with Gasteiger partial charge in [-0.1, -0.05) is 145 Å². The summed E-state index contributed by atoms with van der Waals surface area (Å²) in [4.78, 5) is 0. The van der Waals surface area contributed by atoms with E-state index in [1.54, 1.807) is 0 Å². The average molecular weight is 608 g/mol. The van der Waals surface area contributed by atoms with Gasteiger partial charge in [-0.3, -0.25) is 0 Å². The SMILES string of the molecule is [2H]c1c([2H])c(-c2c([2H])c([2H])c([2H])c3c([2H])c([2H])c([2H])c([2H])c23)c([2H])c([2H])c1-c1c2ccccc2c(-c2ccc3oc4cc5ccccc5cc4c3c2)c2ccccc12. The normalized spacial score (nSPS) is 15.1. The lowest BCUT2D eigenvalue weighted by atomic mass is 9.85. The summed E-state index contributed by atoms with van der Waals surface area (Å²) in [5.41, 5.74) is 3.11. The third-order valence-corrected chi connectivity index (χ3v) is 9.00. The minimum atomic E-state index is -0.656. The summed E-state index contributed by atoms with van der Waals surface area (Å²) in [7, 11) is 0. The van der Waals surface area contributed by atoms with Gasteiger partial charge in [-0.05, 0) is 101 Å². The van der Waals surface area contributed by atoms with Gasteiger partial charge in [0.25, 0.3) is 0 Å². The van der Waals surface area contributed by atoms with Gasteiger partial charge in [0.1, 0.15) is 11.2 Å². The molecule has 47 heavy (non-hydrogen) atoms. The summed E-state index contributed by atoms with van der Waals surface area (Å²) in [5.74, 6) is 0. The maximum atomic E-state index is 9.48. The minimum absolute atomic E-state index is 0.0156. The van der Waals surface area contributed by atoms with Crippen molar-refractivity contribution < 1.29 is 19.5 Å². The molecule has 0 fully saturated rings. The molecule has 0 spiro atoms. The van der Waals surface area contributed by atoms with E-state index in [-0.39, 0.29) is 27.5 Å². The van der Waals surface area contributed by atoms with E-state index in [4.69, 9.17) is 14.0 Å².